The zero-order valence-corrected chi connectivity index (χ0v) is 14.1. The number of anilines is 1. The summed E-state index contributed by atoms with van der Waals surface area (Å²) in [5.41, 5.74) is 5.18. The fourth-order valence-corrected chi connectivity index (χ4v) is 3.45. The van der Waals surface area contributed by atoms with Crippen molar-refractivity contribution in [2.75, 3.05) is 11.4 Å². The average Bonchev–Trinajstić information content (AvgIpc) is 3.26. The standard InChI is InChI=1S/C19H15ClN4O/c20-13-7-5-12(6-8-13)18-14-9-10-24(11-17(14)23-25-18)19-21-15-3-1-2-4-16(15)22-19/h1-8H,9-11H2,(H,21,22). The van der Waals surface area contributed by atoms with Crippen LogP contribution in [-0.4, -0.2) is 21.7 Å². The molecule has 3 heterocycles. The minimum atomic E-state index is 0.687. The van der Waals surface area contributed by atoms with Crippen LogP contribution < -0.4 is 4.90 Å². The molecule has 25 heavy (non-hydrogen) atoms. The molecule has 0 saturated heterocycles. The van der Waals surface area contributed by atoms with Crippen LogP contribution in [0.2, 0.25) is 5.02 Å². The fraction of sp³-hybridized carbons (Fsp3) is 0.158. The predicted octanol–water partition coefficient (Wildman–Crippen LogP) is 4.43. The van der Waals surface area contributed by atoms with Gasteiger partial charge < -0.3 is 14.4 Å². The third-order valence-corrected chi connectivity index (χ3v) is 4.88. The summed E-state index contributed by atoms with van der Waals surface area (Å²) < 4.78 is 5.64. The molecular weight excluding hydrogens is 336 g/mol. The van der Waals surface area contributed by atoms with Crippen LogP contribution in [-0.2, 0) is 13.0 Å². The number of nitrogens with one attached hydrogen (secondary N) is 1. The first-order valence-electron chi connectivity index (χ1n) is 8.21. The molecule has 4 aromatic rings. The number of imidazole rings is 1. The van der Waals surface area contributed by atoms with Gasteiger partial charge in [-0.1, -0.05) is 28.9 Å². The van der Waals surface area contributed by atoms with Crippen LogP contribution in [0.3, 0.4) is 0 Å². The average molecular weight is 351 g/mol. The number of hydrogen-bond donors (Lipinski definition) is 1. The Morgan fingerprint density at radius 3 is 2.76 bits per heavy atom. The van der Waals surface area contributed by atoms with Crippen LogP contribution in [0, 0.1) is 0 Å². The smallest absolute Gasteiger partial charge is 0.204 e. The van der Waals surface area contributed by atoms with Gasteiger partial charge in [-0.15, -0.1) is 0 Å². The lowest BCUT2D eigenvalue weighted by molar-refractivity contribution is 0.423. The van der Waals surface area contributed by atoms with E-state index in [-0.39, 0.29) is 0 Å². The molecule has 0 spiro atoms. The van der Waals surface area contributed by atoms with E-state index in [1.807, 2.05) is 48.5 Å². The number of halogens is 1. The molecule has 0 bridgehead atoms. The molecule has 5 nitrogen and oxygen atoms in total. The van der Waals surface area contributed by atoms with Crippen molar-refractivity contribution in [2.24, 2.45) is 0 Å². The third-order valence-electron chi connectivity index (χ3n) is 4.62. The second-order valence-electron chi connectivity index (χ2n) is 6.19. The van der Waals surface area contributed by atoms with E-state index in [2.05, 4.69) is 20.0 Å². The Kier molecular flexibility index (Phi) is 3.28. The number of rotatable bonds is 2. The summed E-state index contributed by atoms with van der Waals surface area (Å²) in [5.74, 6) is 1.72. The van der Waals surface area contributed by atoms with E-state index in [1.165, 1.54) is 5.56 Å². The van der Waals surface area contributed by atoms with Gasteiger partial charge in [-0.3, -0.25) is 0 Å². The highest BCUT2D eigenvalue weighted by Gasteiger charge is 2.26. The number of nitrogens with zero attached hydrogens (tertiary/aromatic N) is 3. The minimum absolute atomic E-state index is 0.687. The molecule has 124 valence electrons. The number of para-hydroxylation sites is 2. The van der Waals surface area contributed by atoms with E-state index in [4.69, 9.17) is 16.1 Å². The Balaban J connectivity index is 1.46. The molecule has 6 heteroatoms. The lowest BCUT2D eigenvalue weighted by Gasteiger charge is -2.25. The Morgan fingerprint density at radius 1 is 1.08 bits per heavy atom. The van der Waals surface area contributed by atoms with E-state index in [0.717, 1.165) is 47.0 Å². The summed E-state index contributed by atoms with van der Waals surface area (Å²) in [6, 6.07) is 15.7. The topological polar surface area (TPSA) is 58.0 Å². The SMILES string of the molecule is Clc1ccc(-c2onc3c2CCN(c2nc4ccccc4[nH]2)C3)cc1. The lowest BCUT2D eigenvalue weighted by atomic mass is 10.0. The molecule has 0 fully saturated rings. The number of aromatic amines is 1. The Morgan fingerprint density at radius 2 is 1.92 bits per heavy atom. The van der Waals surface area contributed by atoms with Crippen molar-refractivity contribution < 1.29 is 4.52 Å². The second-order valence-corrected chi connectivity index (χ2v) is 6.63. The van der Waals surface area contributed by atoms with Gasteiger partial charge in [-0.25, -0.2) is 4.98 Å². The molecule has 5 rings (SSSR count). The molecule has 0 atom stereocenters. The van der Waals surface area contributed by atoms with Gasteiger partial charge in [0.2, 0.25) is 5.95 Å². The monoisotopic (exact) mass is 350 g/mol. The number of hydrogen-bond acceptors (Lipinski definition) is 4. The molecule has 1 aliphatic heterocycles. The van der Waals surface area contributed by atoms with E-state index in [0.29, 0.717) is 11.6 Å². The molecule has 1 aliphatic rings. The van der Waals surface area contributed by atoms with Crippen molar-refractivity contribution >= 4 is 28.6 Å². The number of aromatic nitrogens is 3. The van der Waals surface area contributed by atoms with Crippen molar-refractivity contribution in [1.82, 2.24) is 15.1 Å². The highest BCUT2D eigenvalue weighted by Crippen LogP contribution is 2.32. The van der Waals surface area contributed by atoms with E-state index in [9.17, 15) is 0 Å². The first-order valence-corrected chi connectivity index (χ1v) is 8.59. The van der Waals surface area contributed by atoms with Gasteiger partial charge in [-0.05, 0) is 42.8 Å². The number of fused-ring (bicyclic) bond motifs is 2. The summed E-state index contributed by atoms with van der Waals surface area (Å²) in [5, 5.41) is 5.01. The molecule has 0 unspecified atom stereocenters. The first kappa shape index (κ1) is 14.5. The molecule has 0 radical (unpaired) electrons. The van der Waals surface area contributed by atoms with E-state index in [1.54, 1.807) is 0 Å². The molecular formula is C19H15ClN4O. The Hall–Kier alpha value is -2.79. The third kappa shape index (κ3) is 2.48. The molecule has 0 saturated carbocycles. The summed E-state index contributed by atoms with van der Waals surface area (Å²) in [6.07, 6.45) is 0.869. The molecule has 1 N–H and O–H groups in total. The zero-order chi connectivity index (χ0) is 16.8. The van der Waals surface area contributed by atoms with Crippen molar-refractivity contribution in [1.29, 1.82) is 0 Å². The zero-order valence-electron chi connectivity index (χ0n) is 13.4. The van der Waals surface area contributed by atoms with Gasteiger partial charge in [-0.2, -0.15) is 0 Å². The van der Waals surface area contributed by atoms with Gasteiger partial charge in [0.25, 0.3) is 0 Å². The molecule has 0 amide bonds. The molecule has 2 aromatic carbocycles. The summed E-state index contributed by atoms with van der Waals surface area (Å²) >= 11 is 5.97. The maximum atomic E-state index is 5.97. The van der Waals surface area contributed by atoms with Crippen LogP contribution in [0.25, 0.3) is 22.4 Å². The summed E-state index contributed by atoms with van der Waals surface area (Å²) in [4.78, 5) is 10.3. The van der Waals surface area contributed by atoms with Crippen LogP contribution in [0.5, 0.6) is 0 Å². The quantitative estimate of drug-likeness (QED) is 0.581. The maximum Gasteiger partial charge on any atom is 0.204 e. The van der Waals surface area contributed by atoms with Gasteiger partial charge in [0, 0.05) is 22.7 Å². The largest absolute Gasteiger partial charge is 0.356 e. The highest BCUT2D eigenvalue weighted by molar-refractivity contribution is 6.30. The number of H-pyrrole nitrogens is 1. The van der Waals surface area contributed by atoms with Gasteiger partial charge in [0.05, 0.1) is 17.6 Å². The van der Waals surface area contributed by atoms with Crippen molar-refractivity contribution in [2.45, 2.75) is 13.0 Å². The molecule has 0 aliphatic carbocycles. The minimum Gasteiger partial charge on any atom is -0.356 e. The predicted molar refractivity (Wildman–Crippen MR) is 97.8 cm³/mol. The molecule has 2 aromatic heterocycles. The van der Waals surface area contributed by atoms with E-state index >= 15 is 0 Å². The lowest BCUT2D eigenvalue weighted by Crippen LogP contribution is -2.31. The maximum absolute atomic E-state index is 5.97. The van der Waals surface area contributed by atoms with Crippen LogP contribution >= 0.6 is 11.6 Å². The van der Waals surface area contributed by atoms with Crippen LogP contribution in [0.15, 0.2) is 53.1 Å². The van der Waals surface area contributed by atoms with Crippen molar-refractivity contribution in [3.8, 4) is 11.3 Å². The van der Waals surface area contributed by atoms with Gasteiger partial charge in [0.15, 0.2) is 5.76 Å². The van der Waals surface area contributed by atoms with Crippen molar-refractivity contribution in [3.05, 3.63) is 64.8 Å². The summed E-state index contributed by atoms with van der Waals surface area (Å²) in [7, 11) is 0. The van der Waals surface area contributed by atoms with Crippen LogP contribution in [0.1, 0.15) is 11.3 Å². The Labute approximate surface area is 149 Å². The number of benzene rings is 2. The van der Waals surface area contributed by atoms with Crippen molar-refractivity contribution in [3.63, 3.8) is 0 Å². The van der Waals surface area contributed by atoms with Gasteiger partial charge >= 0.3 is 0 Å². The Bertz CT molecular complexity index is 1020. The highest BCUT2D eigenvalue weighted by atomic mass is 35.5. The van der Waals surface area contributed by atoms with Crippen LogP contribution in [0.4, 0.5) is 5.95 Å². The first-order chi connectivity index (χ1) is 12.3. The second kappa shape index (κ2) is 5.63. The van der Waals surface area contributed by atoms with E-state index < -0.39 is 0 Å². The van der Waals surface area contributed by atoms with Gasteiger partial charge in [0.1, 0.15) is 5.69 Å². The normalized spacial score (nSPS) is 14.0. The summed E-state index contributed by atoms with van der Waals surface area (Å²) in [6.45, 7) is 1.56. The fourth-order valence-electron chi connectivity index (χ4n) is 3.33.